The van der Waals surface area contributed by atoms with Crippen molar-refractivity contribution in [2.24, 2.45) is 11.8 Å². The Morgan fingerprint density at radius 3 is 2.07 bits per heavy atom. The minimum Gasteiger partial charge on any atom is -0.461 e. The van der Waals surface area contributed by atoms with Crippen LogP contribution in [0.15, 0.2) is 24.3 Å². The molecule has 0 unspecified atom stereocenters. The molecular formula is C22H32N2O5. The minimum absolute atomic E-state index is 0.0311. The van der Waals surface area contributed by atoms with Crippen molar-refractivity contribution >= 4 is 29.3 Å². The van der Waals surface area contributed by atoms with Crippen LogP contribution in [0, 0.1) is 11.8 Å². The highest BCUT2D eigenvalue weighted by Crippen LogP contribution is 2.12. The molecule has 1 atom stereocenters. The maximum absolute atomic E-state index is 12.2. The van der Waals surface area contributed by atoms with Crippen LogP contribution in [0.1, 0.15) is 59.4 Å². The Morgan fingerprint density at radius 1 is 0.897 bits per heavy atom. The second-order valence-electron chi connectivity index (χ2n) is 7.71. The van der Waals surface area contributed by atoms with Crippen molar-refractivity contribution in [2.75, 3.05) is 5.32 Å². The molecule has 0 spiro atoms. The molecule has 7 heteroatoms. The van der Waals surface area contributed by atoms with Crippen molar-refractivity contribution in [3.8, 4) is 0 Å². The zero-order chi connectivity index (χ0) is 22.0. The van der Waals surface area contributed by atoms with Crippen LogP contribution in [-0.4, -0.2) is 29.6 Å². The lowest BCUT2D eigenvalue weighted by atomic mass is 10.0. The number of benzene rings is 1. The van der Waals surface area contributed by atoms with Crippen molar-refractivity contribution in [1.29, 1.82) is 0 Å². The molecule has 0 aliphatic heterocycles. The van der Waals surface area contributed by atoms with Crippen molar-refractivity contribution in [3.63, 3.8) is 0 Å². The van der Waals surface area contributed by atoms with Gasteiger partial charge >= 0.3 is 5.97 Å². The van der Waals surface area contributed by atoms with Gasteiger partial charge in [-0.05, 0) is 31.0 Å². The number of ketones is 1. The van der Waals surface area contributed by atoms with Gasteiger partial charge in [0.2, 0.25) is 11.8 Å². The first kappa shape index (κ1) is 24.3. The van der Waals surface area contributed by atoms with E-state index in [0.29, 0.717) is 18.5 Å². The first-order valence-corrected chi connectivity index (χ1v) is 9.98. The fourth-order valence-corrected chi connectivity index (χ4v) is 2.35. The quantitative estimate of drug-likeness (QED) is 0.552. The van der Waals surface area contributed by atoms with Gasteiger partial charge in [-0.25, -0.2) is 0 Å². The Bertz CT molecular complexity index is 710. The molecule has 1 rings (SSSR count). The summed E-state index contributed by atoms with van der Waals surface area (Å²) in [6.07, 6.45) is 1.05. The highest BCUT2D eigenvalue weighted by molar-refractivity contribution is 5.96. The van der Waals surface area contributed by atoms with Gasteiger partial charge in [-0.3, -0.25) is 19.2 Å². The fourth-order valence-electron chi connectivity index (χ4n) is 2.35. The van der Waals surface area contributed by atoms with Crippen LogP contribution < -0.4 is 10.6 Å². The predicted molar refractivity (Wildman–Crippen MR) is 111 cm³/mol. The summed E-state index contributed by atoms with van der Waals surface area (Å²) in [5.74, 6) is -0.939. The number of hydrogen-bond donors (Lipinski definition) is 2. The number of carbonyl (C=O) groups excluding carboxylic acids is 4. The van der Waals surface area contributed by atoms with Crippen molar-refractivity contribution < 1.29 is 23.9 Å². The molecule has 0 heterocycles. The van der Waals surface area contributed by atoms with Crippen LogP contribution >= 0.6 is 0 Å². The summed E-state index contributed by atoms with van der Waals surface area (Å²) >= 11 is 0. The average molecular weight is 405 g/mol. The van der Waals surface area contributed by atoms with Crippen LogP contribution in [0.3, 0.4) is 0 Å². The molecule has 29 heavy (non-hydrogen) atoms. The molecule has 0 aliphatic carbocycles. The Morgan fingerprint density at radius 2 is 1.52 bits per heavy atom. The summed E-state index contributed by atoms with van der Waals surface area (Å²) in [5.41, 5.74) is 1.40. The fraction of sp³-hybridized carbons (Fsp3) is 0.545. The lowest BCUT2D eigenvalue weighted by Gasteiger charge is -2.14. The van der Waals surface area contributed by atoms with Gasteiger partial charge < -0.3 is 15.4 Å². The standard InChI is InChI=1S/C22H32N2O5/c1-14(2)19(25)7-6-8-20(26)23-16(5)21(27)24-18-11-9-17(10-12-18)13-29-22(28)15(3)4/h9-12,14-16H,6-8,13H2,1-5H3,(H,23,26)(H,24,27)/t16-/m0/s1. The number of amides is 2. The topological polar surface area (TPSA) is 102 Å². The molecule has 0 aromatic heterocycles. The van der Waals surface area contributed by atoms with E-state index in [1.54, 1.807) is 45.0 Å². The second kappa shape index (κ2) is 12.0. The van der Waals surface area contributed by atoms with Crippen LogP contribution in [0.5, 0.6) is 0 Å². The summed E-state index contributed by atoms with van der Waals surface area (Å²) < 4.78 is 5.16. The third kappa shape index (κ3) is 9.36. The molecule has 2 amide bonds. The summed E-state index contributed by atoms with van der Waals surface area (Å²) in [6, 6.07) is 6.25. The summed E-state index contributed by atoms with van der Waals surface area (Å²) in [4.78, 5) is 47.2. The molecule has 160 valence electrons. The molecule has 0 aliphatic rings. The smallest absolute Gasteiger partial charge is 0.308 e. The number of Topliss-reactive ketones (excluding diaryl/α,β-unsaturated/α-hetero) is 1. The number of nitrogens with one attached hydrogen (secondary N) is 2. The van der Waals surface area contributed by atoms with Crippen LogP contribution in [0.25, 0.3) is 0 Å². The first-order valence-electron chi connectivity index (χ1n) is 9.98. The van der Waals surface area contributed by atoms with Gasteiger partial charge in [0.15, 0.2) is 0 Å². The normalized spacial score (nSPS) is 11.8. The third-order valence-electron chi connectivity index (χ3n) is 4.32. The van der Waals surface area contributed by atoms with Gasteiger partial charge in [-0.1, -0.05) is 39.8 Å². The van der Waals surface area contributed by atoms with Crippen LogP contribution in [-0.2, 0) is 30.5 Å². The first-order chi connectivity index (χ1) is 13.6. The van der Waals surface area contributed by atoms with Gasteiger partial charge in [-0.15, -0.1) is 0 Å². The Balaban J connectivity index is 2.41. The number of rotatable bonds is 11. The van der Waals surface area contributed by atoms with E-state index in [4.69, 9.17) is 4.74 Å². The highest BCUT2D eigenvalue weighted by Gasteiger charge is 2.16. The summed E-state index contributed by atoms with van der Waals surface area (Å²) in [5, 5.41) is 5.37. The molecule has 2 N–H and O–H groups in total. The molecular weight excluding hydrogens is 372 g/mol. The molecule has 0 fully saturated rings. The van der Waals surface area contributed by atoms with E-state index >= 15 is 0 Å². The Kier molecular flexibility index (Phi) is 10.1. The molecule has 7 nitrogen and oxygen atoms in total. The number of carbonyl (C=O) groups is 4. The van der Waals surface area contributed by atoms with Crippen LogP contribution in [0.4, 0.5) is 5.69 Å². The molecule has 0 saturated carbocycles. The van der Waals surface area contributed by atoms with Crippen molar-refractivity contribution in [2.45, 2.75) is 66.5 Å². The predicted octanol–water partition coefficient (Wildman–Crippen LogP) is 3.22. The number of hydrogen-bond acceptors (Lipinski definition) is 5. The molecule has 1 aromatic carbocycles. The van der Waals surface area contributed by atoms with Gasteiger partial charge in [0.25, 0.3) is 0 Å². The number of anilines is 1. The summed E-state index contributed by atoms with van der Waals surface area (Å²) in [7, 11) is 0. The van der Waals surface area contributed by atoms with E-state index in [2.05, 4.69) is 10.6 Å². The lowest BCUT2D eigenvalue weighted by Crippen LogP contribution is -2.41. The SMILES string of the molecule is CC(C)C(=O)CCCC(=O)N[C@@H](C)C(=O)Nc1ccc(COC(=O)C(C)C)cc1. The highest BCUT2D eigenvalue weighted by atomic mass is 16.5. The van der Waals surface area contributed by atoms with E-state index in [1.807, 2.05) is 13.8 Å². The maximum Gasteiger partial charge on any atom is 0.308 e. The average Bonchev–Trinajstić information content (AvgIpc) is 2.66. The number of esters is 1. The van der Waals surface area contributed by atoms with Crippen molar-refractivity contribution in [1.82, 2.24) is 5.32 Å². The second-order valence-corrected chi connectivity index (χ2v) is 7.71. The molecule has 0 bridgehead atoms. The monoisotopic (exact) mass is 404 g/mol. The number of ether oxygens (including phenoxy) is 1. The van der Waals surface area contributed by atoms with Crippen LogP contribution in [0.2, 0.25) is 0 Å². The Labute approximate surface area is 172 Å². The lowest BCUT2D eigenvalue weighted by molar-refractivity contribution is -0.148. The molecule has 0 radical (unpaired) electrons. The van der Waals surface area contributed by atoms with Gasteiger partial charge in [0.05, 0.1) is 5.92 Å². The molecule has 1 aromatic rings. The molecule has 0 saturated heterocycles. The van der Waals surface area contributed by atoms with E-state index in [9.17, 15) is 19.2 Å². The minimum atomic E-state index is -0.699. The van der Waals surface area contributed by atoms with E-state index in [0.717, 1.165) is 5.56 Å². The Hall–Kier alpha value is -2.70. The van der Waals surface area contributed by atoms with Crippen molar-refractivity contribution in [3.05, 3.63) is 29.8 Å². The third-order valence-corrected chi connectivity index (χ3v) is 4.32. The van der Waals surface area contributed by atoms with E-state index < -0.39 is 6.04 Å². The van der Waals surface area contributed by atoms with E-state index in [1.165, 1.54) is 0 Å². The maximum atomic E-state index is 12.2. The zero-order valence-electron chi connectivity index (χ0n) is 17.9. The van der Waals surface area contributed by atoms with Gasteiger partial charge in [0.1, 0.15) is 18.4 Å². The van der Waals surface area contributed by atoms with Gasteiger partial charge in [-0.2, -0.15) is 0 Å². The van der Waals surface area contributed by atoms with E-state index in [-0.39, 0.29) is 48.4 Å². The largest absolute Gasteiger partial charge is 0.461 e. The zero-order valence-corrected chi connectivity index (χ0v) is 17.9. The van der Waals surface area contributed by atoms with Gasteiger partial charge in [0, 0.05) is 24.4 Å². The summed E-state index contributed by atoms with van der Waals surface area (Å²) in [6.45, 7) is 8.99.